The van der Waals surface area contributed by atoms with Crippen molar-refractivity contribution in [2.45, 2.75) is 32.2 Å². The molecule has 2 aliphatic rings. The fourth-order valence-corrected chi connectivity index (χ4v) is 3.49. The van der Waals surface area contributed by atoms with Gasteiger partial charge < -0.3 is 14.1 Å². The van der Waals surface area contributed by atoms with Crippen LogP contribution in [0.4, 0.5) is 5.69 Å². The summed E-state index contributed by atoms with van der Waals surface area (Å²) in [5.74, 6) is 2.14. The van der Waals surface area contributed by atoms with Gasteiger partial charge in [0.2, 0.25) is 5.65 Å². The van der Waals surface area contributed by atoms with Gasteiger partial charge >= 0.3 is 0 Å². The number of anilines is 1. The number of aryl methyl sites for hydroxylation is 1. The highest BCUT2D eigenvalue weighted by Gasteiger charge is 2.29. The summed E-state index contributed by atoms with van der Waals surface area (Å²) in [6, 6.07) is 2.06. The van der Waals surface area contributed by atoms with Crippen molar-refractivity contribution in [3.8, 4) is 0 Å². The molecule has 0 spiro atoms. The third-order valence-corrected chi connectivity index (χ3v) is 4.73. The Morgan fingerprint density at radius 2 is 2.29 bits per heavy atom. The van der Waals surface area contributed by atoms with Crippen molar-refractivity contribution in [3.05, 3.63) is 35.4 Å². The minimum absolute atomic E-state index is 0.301. The Balaban J connectivity index is 1.48. The molecule has 5 rings (SSSR count). The van der Waals surface area contributed by atoms with Gasteiger partial charge in [0.15, 0.2) is 5.89 Å². The smallest absolute Gasteiger partial charge is 0.200 e. The molecule has 3 aromatic heterocycles. The van der Waals surface area contributed by atoms with Crippen molar-refractivity contribution in [3.63, 3.8) is 0 Å². The van der Waals surface area contributed by atoms with Crippen LogP contribution in [0.25, 0.3) is 5.65 Å². The van der Waals surface area contributed by atoms with Crippen LogP contribution in [0.1, 0.15) is 35.4 Å². The van der Waals surface area contributed by atoms with Crippen molar-refractivity contribution in [2.75, 3.05) is 24.7 Å². The minimum Gasteiger partial charge on any atom is -0.445 e. The number of hydrogen-bond donors (Lipinski definition) is 0. The van der Waals surface area contributed by atoms with Crippen LogP contribution in [-0.2, 0) is 17.7 Å². The first kappa shape index (κ1) is 13.9. The normalized spacial score (nSPS) is 20.7. The predicted molar refractivity (Wildman–Crippen MR) is 85.0 cm³/mol. The summed E-state index contributed by atoms with van der Waals surface area (Å²) >= 11 is 0. The highest BCUT2D eigenvalue weighted by atomic mass is 16.5. The standard InChI is InChI=1S/C16H18N6O2/c1-10-6-13(15-19-17-9-22(15)20-10)21-4-2-14-12(7-21)18-16(24-14)11-3-5-23-8-11/h6,9,11H,2-5,7-8H2,1H3. The van der Waals surface area contributed by atoms with Gasteiger partial charge in [-0.1, -0.05) is 0 Å². The minimum atomic E-state index is 0.301. The molecule has 0 saturated carbocycles. The van der Waals surface area contributed by atoms with Crippen molar-refractivity contribution < 1.29 is 9.15 Å². The number of nitrogens with zero attached hydrogens (tertiary/aromatic N) is 6. The van der Waals surface area contributed by atoms with Gasteiger partial charge in [-0.25, -0.2) is 4.98 Å². The third-order valence-electron chi connectivity index (χ3n) is 4.73. The van der Waals surface area contributed by atoms with E-state index in [-0.39, 0.29) is 0 Å². The first-order valence-electron chi connectivity index (χ1n) is 8.27. The fraction of sp³-hybridized carbons (Fsp3) is 0.500. The van der Waals surface area contributed by atoms with Crippen LogP contribution in [0.5, 0.6) is 0 Å². The number of oxazole rings is 1. The van der Waals surface area contributed by atoms with E-state index in [1.165, 1.54) is 0 Å². The predicted octanol–water partition coefficient (Wildman–Crippen LogP) is 1.49. The quantitative estimate of drug-likeness (QED) is 0.705. The van der Waals surface area contributed by atoms with Gasteiger partial charge in [-0.2, -0.15) is 9.61 Å². The molecule has 2 aliphatic heterocycles. The largest absolute Gasteiger partial charge is 0.445 e. The van der Waals surface area contributed by atoms with E-state index in [0.717, 1.165) is 66.9 Å². The highest BCUT2D eigenvalue weighted by molar-refractivity contribution is 5.68. The number of aromatic nitrogens is 5. The second-order valence-corrected chi connectivity index (χ2v) is 6.42. The zero-order valence-corrected chi connectivity index (χ0v) is 13.5. The van der Waals surface area contributed by atoms with E-state index in [9.17, 15) is 0 Å². The van der Waals surface area contributed by atoms with Crippen molar-refractivity contribution in [2.24, 2.45) is 0 Å². The zero-order chi connectivity index (χ0) is 16.1. The molecule has 1 atom stereocenters. The Morgan fingerprint density at radius 3 is 3.17 bits per heavy atom. The van der Waals surface area contributed by atoms with Crippen LogP contribution in [0, 0.1) is 6.92 Å². The molecule has 0 amide bonds. The molecule has 1 unspecified atom stereocenters. The van der Waals surface area contributed by atoms with E-state index in [0.29, 0.717) is 12.5 Å². The highest BCUT2D eigenvalue weighted by Crippen LogP contribution is 2.31. The summed E-state index contributed by atoms with van der Waals surface area (Å²) in [6.07, 6.45) is 3.47. The van der Waals surface area contributed by atoms with Crippen LogP contribution in [0.3, 0.4) is 0 Å². The lowest BCUT2D eigenvalue weighted by molar-refractivity contribution is 0.190. The van der Waals surface area contributed by atoms with E-state index in [1.807, 2.05) is 6.92 Å². The maximum Gasteiger partial charge on any atom is 0.200 e. The molecule has 0 N–H and O–H groups in total. The molecular weight excluding hydrogens is 308 g/mol. The maximum atomic E-state index is 6.01. The van der Waals surface area contributed by atoms with Gasteiger partial charge in [-0.05, 0) is 19.4 Å². The van der Waals surface area contributed by atoms with Gasteiger partial charge in [-0.3, -0.25) is 0 Å². The van der Waals surface area contributed by atoms with Crippen LogP contribution < -0.4 is 4.90 Å². The second-order valence-electron chi connectivity index (χ2n) is 6.42. The lowest BCUT2D eigenvalue weighted by Gasteiger charge is -2.27. The molecular formula is C16H18N6O2. The SMILES string of the molecule is Cc1cc(N2CCc3oc(C4CCOC4)nc3C2)c2nncn2n1. The average Bonchev–Trinajstić information content (AvgIpc) is 3.31. The van der Waals surface area contributed by atoms with Crippen LogP contribution >= 0.6 is 0 Å². The summed E-state index contributed by atoms with van der Waals surface area (Å²) in [7, 11) is 0. The van der Waals surface area contributed by atoms with E-state index in [4.69, 9.17) is 14.1 Å². The molecule has 24 heavy (non-hydrogen) atoms. The number of rotatable bonds is 2. The first-order valence-corrected chi connectivity index (χ1v) is 8.27. The Labute approximate surface area is 138 Å². The summed E-state index contributed by atoms with van der Waals surface area (Å²) in [6.45, 7) is 5.08. The summed E-state index contributed by atoms with van der Waals surface area (Å²) < 4.78 is 13.2. The molecule has 1 fully saturated rings. The van der Waals surface area contributed by atoms with E-state index >= 15 is 0 Å². The molecule has 8 heteroatoms. The van der Waals surface area contributed by atoms with Gasteiger partial charge in [0, 0.05) is 19.6 Å². The molecule has 5 heterocycles. The third kappa shape index (κ3) is 2.17. The molecule has 0 aromatic carbocycles. The Bertz CT molecular complexity index is 895. The zero-order valence-electron chi connectivity index (χ0n) is 13.5. The lowest BCUT2D eigenvalue weighted by atomic mass is 10.1. The molecule has 3 aromatic rings. The van der Waals surface area contributed by atoms with Crippen LogP contribution in [-0.4, -0.2) is 44.6 Å². The molecule has 124 valence electrons. The maximum absolute atomic E-state index is 6.01. The summed E-state index contributed by atoms with van der Waals surface area (Å²) in [5, 5.41) is 12.6. The van der Waals surface area contributed by atoms with E-state index in [1.54, 1.807) is 10.8 Å². The van der Waals surface area contributed by atoms with Gasteiger partial charge in [0.1, 0.15) is 17.8 Å². The van der Waals surface area contributed by atoms with Gasteiger partial charge in [0.05, 0.1) is 30.5 Å². The van der Waals surface area contributed by atoms with Crippen molar-refractivity contribution in [1.29, 1.82) is 0 Å². The Morgan fingerprint density at radius 1 is 1.33 bits per heavy atom. The number of hydrogen-bond acceptors (Lipinski definition) is 7. The first-order chi connectivity index (χ1) is 11.8. The molecule has 0 bridgehead atoms. The van der Waals surface area contributed by atoms with Gasteiger partial charge in [-0.15, -0.1) is 10.2 Å². The summed E-state index contributed by atoms with van der Waals surface area (Å²) in [4.78, 5) is 7.03. The average molecular weight is 326 g/mol. The Hall–Kier alpha value is -2.48. The second kappa shape index (κ2) is 5.27. The molecule has 0 aliphatic carbocycles. The lowest BCUT2D eigenvalue weighted by Crippen LogP contribution is -2.30. The topological polar surface area (TPSA) is 81.6 Å². The monoisotopic (exact) mass is 326 g/mol. The molecule has 8 nitrogen and oxygen atoms in total. The fourth-order valence-electron chi connectivity index (χ4n) is 3.49. The van der Waals surface area contributed by atoms with Crippen LogP contribution in [0.15, 0.2) is 16.8 Å². The number of fused-ring (bicyclic) bond motifs is 2. The number of ether oxygens (including phenoxy) is 1. The molecule has 1 saturated heterocycles. The van der Waals surface area contributed by atoms with E-state index in [2.05, 4.69) is 26.3 Å². The summed E-state index contributed by atoms with van der Waals surface area (Å²) in [5.41, 5.74) is 3.78. The van der Waals surface area contributed by atoms with Crippen LogP contribution in [0.2, 0.25) is 0 Å². The van der Waals surface area contributed by atoms with E-state index < -0.39 is 0 Å². The van der Waals surface area contributed by atoms with Crippen molar-refractivity contribution >= 4 is 11.3 Å². The van der Waals surface area contributed by atoms with Crippen molar-refractivity contribution in [1.82, 2.24) is 24.8 Å². The van der Waals surface area contributed by atoms with Gasteiger partial charge in [0.25, 0.3) is 0 Å². The molecule has 0 radical (unpaired) electrons. The Kier molecular flexibility index (Phi) is 3.05.